The number of allylic oxidation sites excluding steroid dienone is 2. The number of hydrogen-bond donors (Lipinski definition) is 14. The van der Waals surface area contributed by atoms with Crippen molar-refractivity contribution in [1.29, 1.82) is 0 Å². The highest BCUT2D eigenvalue weighted by Gasteiger charge is 2.70. The van der Waals surface area contributed by atoms with Gasteiger partial charge in [0.05, 0.1) is 43.5 Å². The van der Waals surface area contributed by atoms with Crippen molar-refractivity contribution in [2.45, 2.75) is 280 Å². The predicted molar refractivity (Wildman–Crippen MR) is 287 cm³/mol. The molecule has 32 atom stereocenters. The normalized spacial score (nSPS) is 54.6. The average Bonchev–Trinajstić information content (AvgIpc) is 0.706. The Hall–Kier alpha value is -1.71. The second-order valence-electron chi connectivity index (χ2n) is 28.6. The van der Waals surface area contributed by atoms with Crippen LogP contribution in [0.25, 0.3) is 0 Å². The van der Waals surface area contributed by atoms with Gasteiger partial charge in [-0.05, 0) is 123 Å². The van der Waals surface area contributed by atoms with E-state index in [1.165, 1.54) is 19.4 Å². The van der Waals surface area contributed by atoms with Crippen LogP contribution in [0.1, 0.15) is 127 Å². The molecule has 5 aliphatic carbocycles. The molecular weight excluding hydrogens is 1110 g/mol. The first-order valence-corrected chi connectivity index (χ1v) is 30.5. The van der Waals surface area contributed by atoms with Gasteiger partial charge in [0.15, 0.2) is 25.2 Å². The Bertz CT molecular complexity index is 2340. The standard InChI is InChI=1S/C59H96O25/c1-24-34(62)38(66)42(70)49(77-24)82-46-29(21-60)79-48(45(73)41(46)69)76-23-30-37(65)40(68)44(72)51(80-30)84-53(74)59-18-16-54(3,4)20-27(59)26-10-11-32-56(7)14-13-33(55(5,6)31(56)12-15-58(32,9)57(26,8)17-19-59)81-52-47(36(64)28(61)22-75-52)83-50-43(71)39(67)35(63)25(2)78-50/h10,24-25,27-52,60-73H,11-23H2,1-9H3/t24-,25-,27-,28-,29+,30+,31-,32+,33-,34-,35-,36-,37+,38+,39+,40-,41+,42+,43+,44+,45+,46+,47+,48+,49-,50-,51-,52-,56-,57+,58+,59-/m1/s1. The van der Waals surface area contributed by atoms with E-state index in [1.807, 2.05) is 0 Å². The monoisotopic (exact) mass is 1200 g/mol. The molecule has 0 aromatic rings. The molecule has 25 nitrogen and oxygen atoms in total. The molecule has 25 heteroatoms. The molecular formula is C59H96O25. The molecule has 0 unspecified atom stereocenters. The smallest absolute Gasteiger partial charge is 0.315 e. The number of carbonyl (C=O) groups excluding carboxylic acids is 1. The number of fused-ring (bicyclic) bond motifs is 7. The van der Waals surface area contributed by atoms with Crippen LogP contribution in [0.2, 0.25) is 0 Å². The summed E-state index contributed by atoms with van der Waals surface area (Å²) in [5.74, 6) is -0.449. The second kappa shape index (κ2) is 23.8. The summed E-state index contributed by atoms with van der Waals surface area (Å²) in [6.07, 6.45) is -27.9. The molecule has 4 saturated carbocycles. The third-order valence-corrected chi connectivity index (χ3v) is 23.0. The summed E-state index contributed by atoms with van der Waals surface area (Å²) in [5, 5.41) is 151. The summed E-state index contributed by atoms with van der Waals surface area (Å²) in [5.41, 5.74) is -1.12. The van der Waals surface area contributed by atoms with E-state index in [1.54, 1.807) is 0 Å². The molecule has 5 aliphatic heterocycles. The lowest BCUT2D eigenvalue weighted by Gasteiger charge is -2.71. The van der Waals surface area contributed by atoms with Crippen LogP contribution in [0, 0.1) is 50.2 Å². The average molecular weight is 1210 g/mol. The summed E-state index contributed by atoms with van der Waals surface area (Å²) in [6.45, 7) is 17.3. The van der Waals surface area contributed by atoms with Crippen LogP contribution in [-0.2, 0) is 52.2 Å². The first kappa shape index (κ1) is 65.2. The lowest BCUT2D eigenvalue weighted by Crippen LogP contribution is -2.66. The lowest BCUT2D eigenvalue weighted by molar-refractivity contribution is -0.364. The zero-order valence-corrected chi connectivity index (χ0v) is 49.7. The lowest BCUT2D eigenvalue weighted by atomic mass is 9.33. The molecule has 10 rings (SSSR count). The number of esters is 1. The molecule has 0 bridgehead atoms. The van der Waals surface area contributed by atoms with Gasteiger partial charge in [-0.25, -0.2) is 0 Å². The highest BCUT2D eigenvalue weighted by atomic mass is 16.8. The van der Waals surface area contributed by atoms with E-state index in [9.17, 15) is 71.5 Å². The van der Waals surface area contributed by atoms with Crippen molar-refractivity contribution < 1.29 is 124 Å². The first-order valence-electron chi connectivity index (χ1n) is 30.5. The summed E-state index contributed by atoms with van der Waals surface area (Å²) >= 11 is 0. The fraction of sp³-hybridized carbons (Fsp3) is 0.949. The van der Waals surface area contributed by atoms with E-state index in [0.29, 0.717) is 38.5 Å². The Balaban J connectivity index is 0.824. The van der Waals surface area contributed by atoms with Gasteiger partial charge in [-0.1, -0.05) is 60.1 Å². The Morgan fingerprint density at radius 2 is 1.13 bits per heavy atom. The van der Waals surface area contributed by atoms with Gasteiger partial charge in [-0.15, -0.1) is 0 Å². The number of hydrogen-bond acceptors (Lipinski definition) is 25. The molecule has 482 valence electrons. The fourth-order valence-corrected chi connectivity index (χ4v) is 17.5. The Morgan fingerprint density at radius 3 is 1.76 bits per heavy atom. The van der Waals surface area contributed by atoms with Crippen molar-refractivity contribution in [3.05, 3.63) is 11.6 Å². The van der Waals surface area contributed by atoms with E-state index in [0.717, 1.165) is 25.7 Å². The van der Waals surface area contributed by atoms with Crippen LogP contribution < -0.4 is 0 Å². The molecule has 14 N–H and O–H groups in total. The van der Waals surface area contributed by atoms with Crippen molar-refractivity contribution in [2.24, 2.45) is 50.2 Å². The summed E-state index contributed by atoms with van der Waals surface area (Å²) in [4.78, 5) is 15.2. The molecule has 5 saturated heterocycles. The zero-order chi connectivity index (χ0) is 61.3. The van der Waals surface area contributed by atoms with Crippen LogP contribution in [0.4, 0.5) is 0 Å². The van der Waals surface area contributed by atoms with Gasteiger partial charge in [0.2, 0.25) is 6.29 Å². The van der Waals surface area contributed by atoms with E-state index in [-0.39, 0.29) is 52.1 Å². The van der Waals surface area contributed by atoms with Gasteiger partial charge in [0.25, 0.3) is 0 Å². The van der Waals surface area contributed by atoms with Gasteiger partial charge in [-0.3, -0.25) is 4.79 Å². The van der Waals surface area contributed by atoms with E-state index in [2.05, 4.69) is 54.5 Å². The van der Waals surface area contributed by atoms with Crippen LogP contribution in [0.3, 0.4) is 0 Å². The van der Waals surface area contributed by atoms with Crippen LogP contribution in [0.5, 0.6) is 0 Å². The number of aliphatic hydroxyl groups excluding tert-OH is 14. The number of carbonyl (C=O) groups is 1. The minimum absolute atomic E-state index is 0.150. The minimum Gasteiger partial charge on any atom is -0.432 e. The fourth-order valence-electron chi connectivity index (χ4n) is 17.5. The maximum absolute atomic E-state index is 15.2. The number of aliphatic hydroxyl groups is 14. The summed E-state index contributed by atoms with van der Waals surface area (Å²) < 4.78 is 59.6. The molecule has 0 spiro atoms. The number of ether oxygens (including phenoxy) is 10. The largest absolute Gasteiger partial charge is 0.432 e. The van der Waals surface area contributed by atoms with E-state index in [4.69, 9.17) is 47.4 Å². The van der Waals surface area contributed by atoms with Crippen LogP contribution in [-0.4, -0.2) is 251 Å². The molecule has 9 fully saturated rings. The van der Waals surface area contributed by atoms with E-state index >= 15 is 4.79 Å². The molecule has 5 heterocycles. The SMILES string of the molecule is C[C@H]1O[C@H](O[C@@H]2[C@@H](O[C@@H]3CC[C@]4(C)[C@H](CC[C@@]5(C)[C@H]4CC=C4[C@H]6CC(C)(C)CC[C@@]6(C(=O)O[C@H]6O[C@@H](CO[C@H]7O[C@@H](CO)[C@H](O[C@H]8O[C@H](C)[C@@H](O)[C@H](O)[C@@H]8O)[C@@H](O)[C@@H]7O)[C@H](O)[C@@H](O)[C@@H]6O)CC[C@@]45C)C3(C)C)OC[C@@H](O)[C@H]2O)[C@@H](O)[C@@H](O)[C@@H]1O. The molecule has 0 radical (unpaired) electrons. The molecule has 0 aromatic heterocycles. The molecule has 0 amide bonds. The quantitative estimate of drug-likeness (QED) is 0.0600. The van der Waals surface area contributed by atoms with E-state index < -0.39 is 177 Å². The van der Waals surface area contributed by atoms with Crippen molar-refractivity contribution in [3.8, 4) is 0 Å². The highest BCUT2D eigenvalue weighted by molar-refractivity contribution is 5.79. The van der Waals surface area contributed by atoms with Gasteiger partial charge in [0, 0.05) is 0 Å². The summed E-state index contributed by atoms with van der Waals surface area (Å²) in [7, 11) is 0. The summed E-state index contributed by atoms with van der Waals surface area (Å²) in [6, 6.07) is 0. The molecule has 0 aromatic carbocycles. The Morgan fingerprint density at radius 1 is 0.560 bits per heavy atom. The third kappa shape index (κ3) is 10.9. The van der Waals surface area contributed by atoms with Crippen LogP contribution >= 0.6 is 0 Å². The minimum atomic E-state index is -1.88. The van der Waals surface area contributed by atoms with Gasteiger partial charge in [0.1, 0.15) is 104 Å². The molecule has 84 heavy (non-hydrogen) atoms. The topological polar surface area (TPSA) is 393 Å². The maximum Gasteiger partial charge on any atom is 0.315 e. The maximum atomic E-state index is 15.2. The zero-order valence-electron chi connectivity index (χ0n) is 49.7. The third-order valence-electron chi connectivity index (χ3n) is 23.0. The van der Waals surface area contributed by atoms with Crippen molar-refractivity contribution in [2.75, 3.05) is 19.8 Å². The predicted octanol–water partition coefficient (Wildman–Crippen LogP) is -1.52. The van der Waals surface area contributed by atoms with Crippen LogP contribution in [0.15, 0.2) is 11.6 Å². The second-order valence-corrected chi connectivity index (χ2v) is 28.6. The van der Waals surface area contributed by atoms with Crippen molar-refractivity contribution in [3.63, 3.8) is 0 Å². The highest BCUT2D eigenvalue weighted by Crippen LogP contribution is 2.76. The van der Waals surface area contributed by atoms with Gasteiger partial charge in [-0.2, -0.15) is 0 Å². The molecule has 10 aliphatic rings. The van der Waals surface area contributed by atoms with Gasteiger partial charge >= 0.3 is 5.97 Å². The number of rotatable bonds is 12. The first-order chi connectivity index (χ1) is 39.3. The van der Waals surface area contributed by atoms with Crippen molar-refractivity contribution >= 4 is 5.97 Å². The van der Waals surface area contributed by atoms with Crippen molar-refractivity contribution in [1.82, 2.24) is 0 Å². The Labute approximate surface area is 490 Å². The Kier molecular flexibility index (Phi) is 18.5. The van der Waals surface area contributed by atoms with Gasteiger partial charge < -0.3 is 119 Å².